The second-order valence-corrected chi connectivity index (χ2v) is 9.26. The quantitative estimate of drug-likeness (QED) is 0.708. The Morgan fingerprint density at radius 2 is 2.04 bits per heavy atom. The molecule has 7 nitrogen and oxygen atoms in total. The van der Waals surface area contributed by atoms with Gasteiger partial charge in [0.1, 0.15) is 0 Å². The van der Waals surface area contributed by atoms with E-state index < -0.39 is 11.6 Å². The van der Waals surface area contributed by atoms with E-state index in [0.29, 0.717) is 16.7 Å². The molecule has 1 unspecified atom stereocenters. The molecule has 146 valence electrons. The normalized spacial score (nSPS) is 16.6. The number of aryl methyl sites for hydroxylation is 1. The highest BCUT2D eigenvalue weighted by Gasteiger charge is 2.31. The predicted molar refractivity (Wildman–Crippen MR) is 109 cm³/mol. The Kier molecular flexibility index (Phi) is 4.66. The summed E-state index contributed by atoms with van der Waals surface area (Å²) in [6.07, 6.45) is 3.04. The number of anilines is 1. The molecule has 0 bridgehead atoms. The zero-order valence-electron chi connectivity index (χ0n) is 16.2. The molecular weight excluding hydrogens is 374 g/mol. The lowest BCUT2D eigenvalue weighted by Crippen LogP contribution is -2.26. The number of H-pyrrole nitrogens is 1. The number of amides is 1. The highest BCUT2D eigenvalue weighted by molar-refractivity contribution is 7.15. The smallest absolute Gasteiger partial charge is 0.295 e. The van der Waals surface area contributed by atoms with Gasteiger partial charge in [-0.25, -0.2) is 9.78 Å². The third-order valence-electron chi connectivity index (χ3n) is 5.22. The molecule has 2 aromatic heterocycles. The van der Waals surface area contributed by atoms with E-state index in [2.05, 4.69) is 41.2 Å². The summed E-state index contributed by atoms with van der Waals surface area (Å²) in [5.41, 5.74) is 1.47. The Hall–Kier alpha value is -2.74. The Balaban J connectivity index is 1.51. The average molecular weight is 398 g/mol. The van der Waals surface area contributed by atoms with E-state index in [-0.39, 0.29) is 11.2 Å². The number of aromatic amines is 1. The van der Waals surface area contributed by atoms with Crippen LogP contribution >= 0.6 is 11.3 Å². The van der Waals surface area contributed by atoms with Gasteiger partial charge in [-0.15, -0.1) is 16.4 Å². The molecule has 0 spiro atoms. The molecule has 0 fully saturated rings. The molecule has 1 atom stereocenters. The third-order valence-corrected chi connectivity index (χ3v) is 6.25. The van der Waals surface area contributed by atoms with Crippen LogP contribution in [-0.2, 0) is 12.8 Å². The molecule has 4 rings (SSSR count). The molecule has 1 aromatic carbocycles. The number of aromatic nitrogens is 4. The largest absolute Gasteiger partial charge is 0.348 e. The second-order valence-electron chi connectivity index (χ2n) is 8.17. The van der Waals surface area contributed by atoms with Gasteiger partial charge in [-0.2, -0.15) is 4.68 Å². The van der Waals surface area contributed by atoms with Gasteiger partial charge in [0.05, 0.1) is 11.4 Å². The van der Waals surface area contributed by atoms with Crippen LogP contribution < -0.4 is 11.0 Å². The van der Waals surface area contributed by atoms with Crippen molar-refractivity contribution in [1.82, 2.24) is 19.7 Å². The number of carbonyl (C=O) groups excluding carboxylic acids is 1. The van der Waals surface area contributed by atoms with Crippen molar-refractivity contribution in [2.45, 2.75) is 40.0 Å². The first-order valence-electron chi connectivity index (χ1n) is 9.36. The summed E-state index contributed by atoms with van der Waals surface area (Å²) < 4.78 is 1.18. The van der Waals surface area contributed by atoms with Gasteiger partial charge >= 0.3 is 5.69 Å². The molecule has 0 radical (unpaired) electrons. The fraction of sp³-hybridized carbons (Fsp3) is 0.400. The van der Waals surface area contributed by atoms with Crippen LogP contribution in [0.1, 0.15) is 48.4 Å². The van der Waals surface area contributed by atoms with Crippen molar-refractivity contribution in [2.24, 2.45) is 11.3 Å². The first-order valence-corrected chi connectivity index (χ1v) is 10.2. The summed E-state index contributed by atoms with van der Waals surface area (Å²) >= 11 is 1.52. The molecule has 1 aliphatic carbocycles. The van der Waals surface area contributed by atoms with Gasteiger partial charge in [-0.05, 0) is 42.7 Å². The van der Waals surface area contributed by atoms with Gasteiger partial charge in [0.25, 0.3) is 5.91 Å². The molecular formula is C20H23N5O2S. The summed E-state index contributed by atoms with van der Waals surface area (Å²) in [5, 5.41) is 7.45. The van der Waals surface area contributed by atoms with Gasteiger partial charge in [0.15, 0.2) is 5.13 Å². The Morgan fingerprint density at radius 3 is 2.75 bits per heavy atom. The maximum atomic E-state index is 12.6. The second kappa shape index (κ2) is 7.01. The summed E-state index contributed by atoms with van der Waals surface area (Å²) in [5.74, 6) is 0.113. The molecule has 0 aliphatic heterocycles. The molecule has 2 heterocycles. The minimum atomic E-state index is -0.467. The van der Waals surface area contributed by atoms with Crippen molar-refractivity contribution in [3.63, 3.8) is 0 Å². The topological polar surface area (TPSA) is 92.7 Å². The van der Waals surface area contributed by atoms with E-state index in [1.165, 1.54) is 20.9 Å². The molecule has 8 heteroatoms. The number of hydrogen-bond acceptors (Lipinski definition) is 5. The Morgan fingerprint density at radius 1 is 1.29 bits per heavy atom. The van der Waals surface area contributed by atoms with Crippen LogP contribution in [0.3, 0.4) is 0 Å². The lowest BCUT2D eigenvalue weighted by Gasteiger charge is -2.33. The standard InChI is InChI=1S/C20H23N5O2S/c1-20(2,3)12-9-10-14-15(11-12)28-18(21-14)23-17(26)16-22-19(27)25(24-16)13-7-5-4-6-8-13/h4-8,12H,9-11H2,1-3H3,(H,21,23,26)(H,22,24,27). The molecule has 0 saturated heterocycles. The van der Waals surface area contributed by atoms with Gasteiger partial charge in [-0.3, -0.25) is 15.1 Å². The van der Waals surface area contributed by atoms with Crippen LogP contribution in [0, 0.1) is 11.3 Å². The van der Waals surface area contributed by atoms with Gasteiger partial charge < -0.3 is 0 Å². The van der Waals surface area contributed by atoms with Crippen molar-refractivity contribution in [1.29, 1.82) is 0 Å². The number of para-hydroxylation sites is 1. The number of carbonyl (C=O) groups is 1. The van der Waals surface area contributed by atoms with E-state index in [0.717, 1.165) is 25.0 Å². The summed E-state index contributed by atoms with van der Waals surface area (Å²) in [6.45, 7) is 6.81. The van der Waals surface area contributed by atoms with E-state index in [9.17, 15) is 9.59 Å². The zero-order chi connectivity index (χ0) is 19.9. The number of rotatable bonds is 3. The van der Waals surface area contributed by atoms with Crippen LogP contribution in [-0.4, -0.2) is 25.7 Å². The SMILES string of the molecule is CC(C)(C)C1CCc2nc(NC(=O)c3nn(-c4ccccc4)c(=O)[nH]3)sc2C1. The van der Waals surface area contributed by atoms with Crippen LogP contribution in [0.15, 0.2) is 35.1 Å². The predicted octanol–water partition coefficient (Wildman–Crippen LogP) is 3.42. The summed E-state index contributed by atoms with van der Waals surface area (Å²) in [7, 11) is 0. The zero-order valence-corrected chi connectivity index (χ0v) is 17.0. The number of thiazole rings is 1. The summed E-state index contributed by atoms with van der Waals surface area (Å²) in [6, 6.07) is 8.97. The lowest BCUT2D eigenvalue weighted by molar-refractivity contribution is 0.101. The summed E-state index contributed by atoms with van der Waals surface area (Å²) in [4.78, 5) is 33.0. The van der Waals surface area contributed by atoms with Crippen LogP contribution in [0.4, 0.5) is 5.13 Å². The third kappa shape index (κ3) is 3.64. The van der Waals surface area contributed by atoms with Crippen molar-refractivity contribution in [3.05, 3.63) is 57.2 Å². The number of nitrogens with one attached hydrogen (secondary N) is 2. The highest BCUT2D eigenvalue weighted by atomic mass is 32.1. The minimum Gasteiger partial charge on any atom is -0.295 e. The molecule has 1 aliphatic rings. The van der Waals surface area contributed by atoms with Gasteiger partial charge in [0.2, 0.25) is 5.82 Å². The van der Waals surface area contributed by atoms with E-state index in [1.54, 1.807) is 24.3 Å². The highest BCUT2D eigenvalue weighted by Crippen LogP contribution is 2.40. The van der Waals surface area contributed by atoms with Crippen molar-refractivity contribution < 1.29 is 4.79 Å². The fourth-order valence-corrected chi connectivity index (χ4v) is 4.58. The molecule has 3 aromatic rings. The molecule has 28 heavy (non-hydrogen) atoms. The van der Waals surface area contributed by atoms with Crippen molar-refractivity contribution in [2.75, 3.05) is 5.32 Å². The average Bonchev–Trinajstić information content (AvgIpc) is 3.23. The van der Waals surface area contributed by atoms with Crippen LogP contribution in [0.25, 0.3) is 5.69 Å². The maximum Gasteiger partial charge on any atom is 0.348 e. The van der Waals surface area contributed by atoms with Gasteiger partial charge in [-0.1, -0.05) is 39.0 Å². The van der Waals surface area contributed by atoms with Crippen molar-refractivity contribution in [3.8, 4) is 5.69 Å². The fourth-order valence-electron chi connectivity index (χ4n) is 3.49. The molecule has 1 amide bonds. The Labute approximate surface area is 166 Å². The van der Waals surface area contributed by atoms with E-state index in [1.807, 2.05) is 6.07 Å². The van der Waals surface area contributed by atoms with E-state index >= 15 is 0 Å². The first kappa shape index (κ1) is 18.6. The Bertz CT molecular complexity index is 1060. The monoisotopic (exact) mass is 397 g/mol. The number of hydrogen-bond donors (Lipinski definition) is 2. The number of nitrogens with zero attached hydrogens (tertiary/aromatic N) is 3. The lowest BCUT2D eigenvalue weighted by atomic mass is 9.73. The van der Waals surface area contributed by atoms with Crippen LogP contribution in [0.5, 0.6) is 0 Å². The number of fused-ring (bicyclic) bond motifs is 1. The van der Waals surface area contributed by atoms with E-state index in [4.69, 9.17) is 0 Å². The number of benzene rings is 1. The minimum absolute atomic E-state index is 0.0328. The first-order chi connectivity index (χ1) is 13.3. The maximum absolute atomic E-state index is 12.6. The van der Waals surface area contributed by atoms with Gasteiger partial charge in [0, 0.05) is 4.88 Å². The van der Waals surface area contributed by atoms with Crippen molar-refractivity contribution >= 4 is 22.4 Å². The van der Waals surface area contributed by atoms with Crippen LogP contribution in [0.2, 0.25) is 0 Å². The molecule has 0 saturated carbocycles. The molecule has 2 N–H and O–H groups in total.